The Morgan fingerprint density at radius 3 is 2.68 bits per heavy atom. The molecule has 106 valence electrons. The molecule has 0 aliphatic heterocycles. The first-order chi connectivity index (χ1) is 8.86. The van der Waals surface area contributed by atoms with Crippen molar-refractivity contribution in [1.29, 1.82) is 0 Å². The van der Waals surface area contributed by atoms with Gasteiger partial charge in [-0.1, -0.05) is 25.4 Å². The van der Waals surface area contributed by atoms with Crippen molar-refractivity contribution in [3.05, 3.63) is 21.6 Å². The van der Waals surface area contributed by atoms with Crippen molar-refractivity contribution in [2.24, 2.45) is 11.7 Å². The minimum absolute atomic E-state index is 0.0539. The summed E-state index contributed by atoms with van der Waals surface area (Å²) in [6.07, 6.45) is 0. The average molecular weight is 350 g/mol. The van der Waals surface area contributed by atoms with Crippen molar-refractivity contribution in [2.75, 3.05) is 11.9 Å². The Kier molecular flexibility index (Phi) is 6.10. The van der Waals surface area contributed by atoms with Gasteiger partial charge in [0.05, 0.1) is 22.8 Å². The van der Waals surface area contributed by atoms with Gasteiger partial charge in [-0.15, -0.1) is 0 Å². The standard InChI is InChI=1S/C13H18BrClN2O2/c1-4-19-12-9(14)5-8(15)6-10(12)17-13(18)11(16)7(2)3/h5-7,11H,4,16H2,1-3H3,(H,17,18). The molecule has 1 aromatic rings. The van der Waals surface area contributed by atoms with Crippen LogP contribution in [0.3, 0.4) is 0 Å². The van der Waals surface area contributed by atoms with Gasteiger partial charge in [0.25, 0.3) is 0 Å². The van der Waals surface area contributed by atoms with E-state index >= 15 is 0 Å². The Morgan fingerprint density at radius 1 is 1.53 bits per heavy atom. The van der Waals surface area contributed by atoms with Crippen molar-refractivity contribution < 1.29 is 9.53 Å². The molecule has 4 nitrogen and oxygen atoms in total. The number of hydrogen-bond acceptors (Lipinski definition) is 3. The Morgan fingerprint density at radius 2 is 2.16 bits per heavy atom. The number of amides is 1. The van der Waals surface area contributed by atoms with E-state index < -0.39 is 6.04 Å². The Bertz CT molecular complexity index is 466. The molecule has 0 radical (unpaired) electrons. The van der Waals surface area contributed by atoms with Crippen LogP contribution >= 0.6 is 27.5 Å². The number of ether oxygens (including phenoxy) is 1. The highest BCUT2D eigenvalue weighted by Gasteiger charge is 2.20. The highest BCUT2D eigenvalue weighted by Crippen LogP contribution is 2.36. The molecule has 0 saturated heterocycles. The second-order valence-corrected chi connectivity index (χ2v) is 5.75. The van der Waals surface area contributed by atoms with Crippen LogP contribution < -0.4 is 15.8 Å². The maximum atomic E-state index is 12.0. The molecule has 19 heavy (non-hydrogen) atoms. The summed E-state index contributed by atoms with van der Waals surface area (Å²) < 4.78 is 6.19. The molecule has 0 saturated carbocycles. The molecule has 0 spiro atoms. The van der Waals surface area contributed by atoms with E-state index in [9.17, 15) is 4.79 Å². The third-order valence-corrected chi connectivity index (χ3v) is 3.38. The van der Waals surface area contributed by atoms with Gasteiger partial charge in [0, 0.05) is 5.02 Å². The quantitative estimate of drug-likeness (QED) is 0.856. The fourth-order valence-electron chi connectivity index (χ4n) is 1.46. The topological polar surface area (TPSA) is 64.3 Å². The highest BCUT2D eigenvalue weighted by molar-refractivity contribution is 9.10. The van der Waals surface area contributed by atoms with Crippen molar-refractivity contribution in [3.63, 3.8) is 0 Å². The molecule has 6 heteroatoms. The summed E-state index contributed by atoms with van der Waals surface area (Å²) in [5.74, 6) is 0.347. The first-order valence-corrected chi connectivity index (χ1v) is 7.22. The van der Waals surface area contributed by atoms with Gasteiger partial charge >= 0.3 is 0 Å². The molecular formula is C13H18BrClN2O2. The fraction of sp³-hybridized carbons (Fsp3) is 0.462. The van der Waals surface area contributed by atoms with Crippen LogP contribution in [0.1, 0.15) is 20.8 Å². The first-order valence-electron chi connectivity index (χ1n) is 6.05. The Balaban J connectivity index is 3.02. The minimum atomic E-state index is -0.577. The number of halogens is 2. The summed E-state index contributed by atoms with van der Waals surface area (Å²) >= 11 is 9.34. The molecule has 0 fully saturated rings. The first kappa shape index (κ1) is 16.3. The lowest BCUT2D eigenvalue weighted by molar-refractivity contribution is -0.118. The second kappa shape index (κ2) is 7.12. The largest absolute Gasteiger partial charge is 0.491 e. The number of carbonyl (C=O) groups is 1. The minimum Gasteiger partial charge on any atom is -0.491 e. The molecule has 1 atom stereocenters. The second-order valence-electron chi connectivity index (χ2n) is 4.46. The van der Waals surface area contributed by atoms with E-state index in [1.165, 1.54) is 0 Å². The zero-order valence-corrected chi connectivity index (χ0v) is 13.5. The van der Waals surface area contributed by atoms with E-state index in [0.29, 0.717) is 27.5 Å². The van der Waals surface area contributed by atoms with Crippen LogP contribution in [0.2, 0.25) is 5.02 Å². The molecule has 0 aromatic heterocycles. The lowest BCUT2D eigenvalue weighted by atomic mass is 10.0. The lowest BCUT2D eigenvalue weighted by Crippen LogP contribution is -2.39. The molecule has 0 aliphatic rings. The molecule has 1 amide bonds. The van der Waals surface area contributed by atoms with Gasteiger partial charge < -0.3 is 15.8 Å². The number of hydrogen-bond donors (Lipinski definition) is 2. The molecular weight excluding hydrogens is 332 g/mol. The van der Waals surface area contributed by atoms with Crippen LogP contribution in [0, 0.1) is 5.92 Å². The smallest absolute Gasteiger partial charge is 0.241 e. The van der Waals surface area contributed by atoms with Crippen LogP contribution in [-0.4, -0.2) is 18.6 Å². The number of rotatable bonds is 5. The van der Waals surface area contributed by atoms with Crippen LogP contribution in [0.25, 0.3) is 0 Å². The monoisotopic (exact) mass is 348 g/mol. The van der Waals surface area contributed by atoms with Crippen molar-refractivity contribution in [1.82, 2.24) is 0 Å². The van der Waals surface area contributed by atoms with E-state index in [-0.39, 0.29) is 11.8 Å². The van der Waals surface area contributed by atoms with E-state index in [0.717, 1.165) is 0 Å². The van der Waals surface area contributed by atoms with Gasteiger partial charge in [-0.05, 0) is 40.9 Å². The summed E-state index contributed by atoms with van der Waals surface area (Å²) in [6.45, 7) is 6.13. The third kappa shape index (κ3) is 4.37. The van der Waals surface area contributed by atoms with E-state index in [1.807, 2.05) is 20.8 Å². The van der Waals surface area contributed by atoms with Crippen molar-refractivity contribution in [3.8, 4) is 5.75 Å². The Hall–Kier alpha value is -0.780. The number of carbonyl (C=O) groups excluding carboxylic acids is 1. The number of benzene rings is 1. The van der Waals surface area contributed by atoms with Crippen molar-refractivity contribution >= 4 is 39.1 Å². The van der Waals surface area contributed by atoms with Gasteiger partial charge in [-0.25, -0.2) is 0 Å². The van der Waals surface area contributed by atoms with Crippen LogP contribution in [0.15, 0.2) is 16.6 Å². The summed E-state index contributed by atoms with van der Waals surface area (Å²) in [7, 11) is 0. The molecule has 0 aliphatic carbocycles. The van der Waals surface area contributed by atoms with Gasteiger partial charge in [0.15, 0.2) is 5.75 Å². The zero-order chi connectivity index (χ0) is 14.6. The predicted molar refractivity (Wildman–Crippen MR) is 81.8 cm³/mol. The maximum Gasteiger partial charge on any atom is 0.241 e. The summed E-state index contributed by atoms with van der Waals surface area (Å²) in [4.78, 5) is 12.0. The molecule has 1 unspecified atom stereocenters. The predicted octanol–water partition coefficient (Wildman–Crippen LogP) is 3.42. The van der Waals surface area contributed by atoms with E-state index in [2.05, 4.69) is 21.2 Å². The van der Waals surface area contributed by atoms with Gasteiger partial charge in [-0.2, -0.15) is 0 Å². The molecule has 1 rings (SSSR count). The van der Waals surface area contributed by atoms with E-state index in [4.69, 9.17) is 22.1 Å². The van der Waals surface area contributed by atoms with E-state index in [1.54, 1.807) is 12.1 Å². The molecule has 0 bridgehead atoms. The lowest BCUT2D eigenvalue weighted by Gasteiger charge is -2.18. The summed E-state index contributed by atoms with van der Waals surface area (Å²) in [5, 5.41) is 3.26. The number of nitrogens with two attached hydrogens (primary N) is 1. The van der Waals surface area contributed by atoms with Crippen molar-refractivity contribution in [2.45, 2.75) is 26.8 Å². The van der Waals surface area contributed by atoms with Crippen LogP contribution in [-0.2, 0) is 4.79 Å². The Labute approximate surface area is 126 Å². The molecule has 3 N–H and O–H groups in total. The molecule has 1 aromatic carbocycles. The number of nitrogens with one attached hydrogen (secondary N) is 1. The van der Waals surface area contributed by atoms with Crippen LogP contribution in [0.4, 0.5) is 5.69 Å². The number of anilines is 1. The highest BCUT2D eigenvalue weighted by atomic mass is 79.9. The zero-order valence-electron chi connectivity index (χ0n) is 11.2. The van der Waals surface area contributed by atoms with Gasteiger partial charge in [0.2, 0.25) is 5.91 Å². The van der Waals surface area contributed by atoms with Gasteiger partial charge in [0.1, 0.15) is 0 Å². The fourth-order valence-corrected chi connectivity index (χ4v) is 2.39. The SMILES string of the molecule is CCOc1c(Br)cc(Cl)cc1NC(=O)C(N)C(C)C. The van der Waals surface area contributed by atoms with Gasteiger partial charge in [-0.3, -0.25) is 4.79 Å². The average Bonchev–Trinajstić information content (AvgIpc) is 2.32. The van der Waals surface area contributed by atoms with Crippen LogP contribution in [0.5, 0.6) is 5.75 Å². The normalized spacial score (nSPS) is 12.4. The third-order valence-electron chi connectivity index (χ3n) is 2.58. The summed E-state index contributed by atoms with van der Waals surface area (Å²) in [6, 6.07) is 2.78. The molecule has 0 heterocycles. The maximum absolute atomic E-state index is 12.0. The summed E-state index contributed by atoms with van der Waals surface area (Å²) in [5.41, 5.74) is 6.33.